The van der Waals surface area contributed by atoms with Gasteiger partial charge in [0.15, 0.2) is 0 Å². The number of rotatable bonds is 2. The van der Waals surface area contributed by atoms with E-state index in [1.54, 1.807) is 16.7 Å². The minimum absolute atomic E-state index is 0.290. The van der Waals surface area contributed by atoms with E-state index in [-0.39, 0.29) is 5.41 Å². The molecule has 1 heterocycles. The molecule has 0 N–H and O–H groups in total. The average Bonchev–Trinajstić information content (AvgIpc) is 3.15. The highest BCUT2D eigenvalue weighted by Crippen LogP contribution is 2.64. The molecule has 0 spiro atoms. The SMILES string of the molecule is C[C@]12CC[C@H](Oc3ccccc3)CC1=CC[C@@H]1[C@@H]2CC[C@]2(C)c3nc4c(cc3C[C@@H]12)CCCC4. The van der Waals surface area contributed by atoms with Gasteiger partial charge in [-0.1, -0.05) is 49.8 Å². The van der Waals surface area contributed by atoms with E-state index in [1.165, 1.54) is 75.6 Å². The Bertz CT molecular complexity index is 1140. The van der Waals surface area contributed by atoms with Crippen molar-refractivity contribution in [2.45, 2.75) is 96.0 Å². The van der Waals surface area contributed by atoms with Crippen molar-refractivity contribution in [1.29, 1.82) is 0 Å². The van der Waals surface area contributed by atoms with E-state index < -0.39 is 0 Å². The number of pyridine rings is 1. The van der Waals surface area contributed by atoms with Crippen LogP contribution in [0, 0.1) is 23.2 Å². The minimum atomic E-state index is 0.290. The Morgan fingerprint density at radius 1 is 0.882 bits per heavy atom. The van der Waals surface area contributed by atoms with Crippen LogP contribution in [0.5, 0.6) is 5.75 Å². The summed E-state index contributed by atoms with van der Waals surface area (Å²) in [7, 11) is 0. The maximum atomic E-state index is 6.41. The van der Waals surface area contributed by atoms with Crippen molar-refractivity contribution in [2.24, 2.45) is 23.2 Å². The summed E-state index contributed by atoms with van der Waals surface area (Å²) in [5.74, 6) is 3.43. The van der Waals surface area contributed by atoms with Gasteiger partial charge in [0.2, 0.25) is 0 Å². The molecule has 0 radical (unpaired) electrons. The van der Waals surface area contributed by atoms with Gasteiger partial charge < -0.3 is 4.74 Å². The standard InChI is InChI=1S/C32H39NO/c1-31-16-14-25(34-24-9-4-3-5-10-24)20-23(31)12-13-26-27(31)15-17-32(2)28(26)19-22-18-21-8-6-7-11-29(21)33-30(22)32/h3-5,9-10,12,18,25-28H,6-8,11,13-17,19-20H2,1-2H3/t25-,26+,27-,28-,31-,32-/m0/s1. The molecule has 7 rings (SSSR count). The largest absolute Gasteiger partial charge is 0.490 e. The van der Waals surface area contributed by atoms with Gasteiger partial charge in [0, 0.05) is 17.5 Å². The van der Waals surface area contributed by atoms with Gasteiger partial charge >= 0.3 is 0 Å². The third-order valence-electron chi connectivity index (χ3n) is 10.9. The monoisotopic (exact) mass is 453 g/mol. The zero-order valence-electron chi connectivity index (χ0n) is 21.0. The van der Waals surface area contributed by atoms with Crippen molar-refractivity contribution in [1.82, 2.24) is 4.98 Å². The van der Waals surface area contributed by atoms with Crippen LogP contribution in [0.15, 0.2) is 48.0 Å². The Morgan fingerprint density at radius 3 is 2.59 bits per heavy atom. The molecule has 1 aromatic heterocycles. The second-order valence-corrected chi connectivity index (χ2v) is 12.5. The maximum absolute atomic E-state index is 6.41. The Hall–Kier alpha value is -2.09. The summed E-state index contributed by atoms with van der Waals surface area (Å²) in [6.07, 6.45) is 16.9. The number of ether oxygens (including phenoxy) is 1. The smallest absolute Gasteiger partial charge is 0.119 e. The predicted molar refractivity (Wildman–Crippen MR) is 137 cm³/mol. The first kappa shape index (κ1) is 21.2. The number of fused-ring (bicyclic) bond motifs is 8. The Kier molecular flexibility index (Phi) is 4.81. The number of para-hydroxylation sites is 1. The van der Waals surface area contributed by atoms with E-state index in [2.05, 4.69) is 56.3 Å². The Morgan fingerprint density at radius 2 is 1.71 bits per heavy atom. The molecule has 34 heavy (non-hydrogen) atoms. The molecule has 5 aliphatic rings. The fourth-order valence-corrected chi connectivity index (χ4v) is 8.98. The Labute approximate surface area is 205 Å². The lowest BCUT2D eigenvalue weighted by Crippen LogP contribution is -2.51. The van der Waals surface area contributed by atoms with Gasteiger partial charge in [-0.15, -0.1) is 0 Å². The van der Waals surface area contributed by atoms with Crippen LogP contribution in [0.2, 0.25) is 0 Å². The molecule has 0 bridgehead atoms. The first-order chi connectivity index (χ1) is 16.5. The number of allylic oxidation sites excluding steroid dienone is 1. The Balaban J connectivity index is 1.16. The van der Waals surface area contributed by atoms with E-state index in [1.807, 2.05) is 0 Å². The van der Waals surface area contributed by atoms with Crippen LogP contribution in [-0.2, 0) is 24.7 Å². The highest BCUT2D eigenvalue weighted by atomic mass is 16.5. The van der Waals surface area contributed by atoms with Gasteiger partial charge in [0.1, 0.15) is 11.9 Å². The molecule has 1 aromatic carbocycles. The summed E-state index contributed by atoms with van der Waals surface area (Å²) in [4.78, 5) is 5.40. The lowest BCUT2D eigenvalue weighted by molar-refractivity contribution is -0.0139. The van der Waals surface area contributed by atoms with Crippen molar-refractivity contribution in [3.05, 3.63) is 70.6 Å². The molecule has 0 unspecified atom stereocenters. The second-order valence-electron chi connectivity index (χ2n) is 12.5. The van der Waals surface area contributed by atoms with Crippen LogP contribution in [0.1, 0.15) is 87.7 Å². The second kappa shape index (κ2) is 7.70. The van der Waals surface area contributed by atoms with E-state index in [9.17, 15) is 0 Å². The molecule has 0 aliphatic heterocycles. The summed E-state index contributed by atoms with van der Waals surface area (Å²) in [6, 6.07) is 13.0. The van der Waals surface area contributed by atoms with E-state index in [0.717, 1.165) is 29.9 Å². The summed E-state index contributed by atoms with van der Waals surface area (Å²) in [5, 5.41) is 0. The zero-order valence-corrected chi connectivity index (χ0v) is 21.0. The highest BCUT2D eigenvalue weighted by Gasteiger charge is 2.58. The minimum Gasteiger partial charge on any atom is -0.490 e. The fraction of sp³-hybridized carbons (Fsp3) is 0.594. The van der Waals surface area contributed by atoms with Gasteiger partial charge in [0.05, 0.1) is 5.69 Å². The van der Waals surface area contributed by atoms with Crippen molar-refractivity contribution >= 4 is 0 Å². The molecule has 2 nitrogen and oxygen atoms in total. The van der Waals surface area contributed by atoms with Crippen LogP contribution in [0.25, 0.3) is 0 Å². The number of nitrogens with zero attached hydrogens (tertiary/aromatic N) is 1. The number of aryl methyl sites for hydroxylation is 2. The average molecular weight is 454 g/mol. The molecule has 178 valence electrons. The molecule has 5 aliphatic carbocycles. The molecular weight excluding hydrogens is 414 g/mol. The van der Waals surface area contributed by atoms with Gasteiger partial charge in [-0.05, 0) is 111 Å². The first-order valence-electron chi connectivity index (χ1n) is 14.0. The van der Waals surface area contributed by atoms with E-state index >= 15 is 0 Å². The zero-order chi connectivity index (χ0) is 22.9. The number of aromatic nitrogens is 1. The molecule has 2 aromatic rings. The van der Waals surface area contributed by atoms with E-state index in [0.29, 0.717) is 11.5 Å². The normalized spacial score (nSPS) is 38.0. The summed E-state index contributed by atoms with van der Waals surface area (Å²) in [5.41, 5.74) is 8.46. The molecule has 2 heteroatoms. The fourth-order valence-electron chi connectivity index (χ4n) is 8.98. The lowest BCUT2D eigenvalue weighted by atomic mass is 9.48. The van der Waals surface area contributed by atoms with Crippen LogP contribution in [0.4, 0.5) is 0 Å². The highest BCUT2D eigenvalue weighted by molar-refractivity contribution is 5.42. The molecule has 0 amide bonds. The van der Waals surface area contributed by atoms with Gasteiger partial charge in [-0.2, -0.15) is 0 Å². The maximum Gasteiger partial charge on any atom is 0.119 e. The lowest BCUT2D eigenvalue weighted by Gasteiger charge is -2.57. The molecular formula is C32H39NO. The van der Waals surface area contributed by atoms with Gasteiger partial charge in [-0.3, -0.25) is 4.98 Å². The number of benzene rings is 1. The first-order valence-corrected chi connectivity index (χ1v) is 14.0. The predicted octanol–water partition coefficient (Wildman–Crippen LogP) is 7.38. The van der Waals surface area contributed by atoms with Crippen LogP contribution in [0.3, 0.4) is 0 Å². The summed E-state index contributed by atoms with van der Waals surface area (Å²) >= 11 is 0. The van der Waals surface area contributed by atoms with Crippen LogP contribution >= 0.6 is 0 Å². The summed E-state index contributed by atoms with van der Waals surface area (Å²) < 4.78 is 6.41. The van der Waals surface area contributed by atoms with E-state index in [4.69, 9.17) is 9.72 Å². The molecule has 6 atom stereocenters. The van der Waals surface area contributed by atoms with Crippen molar-refractivity contribution in [3.8, 4) is 5.75 Å². The van der Waals surface area contributed by atoms with Gasteiger partial charge in [0.25, 0.3) is 0 Å². The number of hydrogen-bond donors (Lipinski definition) is 0. The number of hydrogen-bond acceptors (Lipinski definition) is 2. The van der Waals surface area contributed by atoms with Crippen molar-refractivity contribution in [3.63, 3.8) is 0 Å². The third kappa shape index (κ3) is 3.09. The summed E-state index contributed by atoms with van der Waals surface area (Å²) in [6.45, 7) is 5.18. The third-order valence-corrected chi connectivity index (χ3v) is 10.9. The van der Waals surface area contributed by atoms with Crippen LogP contribution in [-0.4, -0.2) is 11.1 Å². The molecule has 2 saturated carbocycles. The van der Waals surface area contributed by atoms with Crippen LogP contribution < -0.4 is 4.74 Å². The molecule has 0 saturated heterocycles. The quantitative estimate of drug-likeness (QED) is 0.442. The van der Waals surface area contributed by atoms with Gasteiger partial charge in [-0.25, -0.2) is 0 Å². The van der Waals surface area contributed by atoms with Crippen molar-refractivity contribution < 1.29 is 4.74 Å². The van der Waals surface area contributed by atoms with Crippen molar-refractivity contribution in [2.75, 3.05) is 0 Å². The topological polar surface area (TPSA) is 22.1 Å². The molecule has 2 fully saturated rings.